The molecule has 1 aromatic rings. The number of nitrogens with zero attached hydrogens (tertiary/aromatic N) is 3. The van der Waals surface area contributed by atoms with Crippen molar-refractivity contribution in [1.29, 1.82) is 0 Å². The van der Waals surface area contributed by atoms with Gasteiger partial charge in [0.2, 0.25) is 0 Å². The van der Waals surface area contributed by atoms with Gasteiger partial charge in [-0.3, -0.25) is 0 Å². The molecule has 2 heterocycles. The van der Waals surface area contributed by atoms with E-state index < -0.39 is 0 Å². The zero-order valence-electron chi connectivity index (χ0n) is 12.6. The summed E-state index contributed by atoms with van der Waals surface area (Å²) in [7, 11) is 2.20. The minimum Gasteiger partial charge on any atom is -0.359 e. The summed E-state index contributed by atoms with van der Waals surface area (Å²) in [6.45, 7) is 3.46. The molecule has 0 spiro atoms. The minimum atomic E-state index is 0.803. The van der Waals surface area contributed by atoms with Gasteiger partial charge in [-0.2, -0.15) is 0 Å². The first-order chi connectivity index (χ1) is 9.84. The van der Waals surface area contributed by atoms with Crippen LogP contribution in [-0.2, 0) is 12.8 Å². The standard InChI is InChI=1S/C16H26N4/c1-20(11-13-7-9-17-10-8-13)16-14-5-3-2-4-6-15(14)18-12-19-16/h12-13,17H,2-11H2,1H3. The Balaban J connectivity index is 1.75. The lowest BCUT2D eigenvalue weighted by Gasteiger charge is -2.29. The molecular weight excluding hydrogens is 248 g/mol. The highest BCUT2D eigenvalue weighted by atomic mass is 15.2. The summed E-state index contributed by atoms with van der Waals surface area (Å²) in [5.41, 5.74) is 2.71. The van der Waals surface area contributed by atoms with Gasteiger partial charge < -0.3 is 10.2 Å². The Labute approximate surface area is 122 Å². The van der Waals surface area contributed by atoms with Crippen LogP contribution >= 0.6 is 0 Å². The number of hydrogen-bond donors (Lipinski definition) is 1. The SMILES string of the molecule is CN(CC1CCNCC1)c1ncnc2c1CCCCC2. The first-order valence-corrected chi connectivity index (χ1v) is 8.09. The highest BCUT2D eigenvalue weighted by molar-refractivity contribution is 5.48. The molecule has 20 heavy (non-hydrogen) atoms. The van der Waals surface area contributed by atoms with E-state index in [1.807, 2.05) is 0 Å². The van der Waals surface area contributed by atoms with E-state index in [1.54, 1.807) is 6.33 Å². The Bertz CT molecular complexity index is 440. The fourth-order valence-corrected chi connectivity index (χ4v) is 3.55. The van der Waals surface area contributed by atoms with E-state index in [0.717, 1.165) is 25.3 Å². The van der Waals surface area contributed by atoms with Crippen LogP contribution in [0.2, 0.25) is 0 Å². The van der Waals surface area contributed by atoms with Crippen molar-refractivity contribution in [3.05, 3.63) is 17.6 Å². The number of aryl methyl sites for hydroxylation is 1. The second kappa shape index (κ2) is 6.53. The Morgan fingerprint density at radius 1 is 1.15 bits per heavy atom. The van der Waals surface area contributed by atoms with Gasteiger partial charge >= 0.3 is 0 Å². The molecule has 0 atom stereocenters. The first kappa shape index (κ1) is 13.8. The summed E-state index contributed by atoms with van der Waals surface area (Å²) < 4.78 is 0. The lowest BCUT2D eigenvalue weighted by atomic mass is 9.97. The lowest BCUT2D eigenvalue weighted by molar-refractivity contribution is 0.377. The van der Waals surface area contributed by atoms with Gasteiger partial charge in [0.25, 0.3) is 0 Å². The summed E-state index contributed by atoms with van der Waals surface area (Å²) in [6, 6.07) is 0. The van der Waals surface area contributed by atoms with Crippen LogP contribution in [0.5, 0.6) is 0 Å². The van der Waals surface area contributed by atoms with E-state index in [4.69, 9.17) is 0 Å². The third-order valence-electron chi connectivity index (χ3n) is 4.70. The van der Waals surface area contributed by atoms with Gasteiger partial charge in [0, 0.05) is 24.8 Å². The van der Waals surface area contributed by atoms with Crippen LogP contribution < -0.4 is 10.2 Å². The predicted octanol–water partition coefficient (Wildman–Crippen LogP) is 2.18. The molecule has 0 amide bonds. The molecule has 1 aromatic heterocycles. The third-order valence-corrected chi connectivity index (χ3v) is 4.70. The maximum absolute atomic E-state index is 4.60. The third kappa shape index (κ3) is 3.11. The number of rotatable bonds is 3. The lowest BCUT2D eigenvalue weighted by Crippen LogP contribution is -2.35. The second-order valence-corrected chi connectivity index (χ2v) is 6.26. The summed E-state index contributed by atoms with van der Waals surface area (Å²) in [5.74, 6) is 1.99. The Morgan fingerprint density at radius 2 is 1.95 bits per heavy atom. The van der Waals surface area contributed by atoms with E-state index >= 15 is 0 Å². The molecule has 1 saturated heterocycles. The van der Waals surface area contributed by atoms with Crippen LogP contribution in [0, 0.1) is 5.92 Å². The molecule has 1 fully saturated rings. The van der Waals surface area contributed by atoms with Gasteiger partial charge in [-0.15, -0.1) is 0 Å². The van der Waals surface area contributed by atoms with Gasteiger partial charge in [0.15, 0.2) is 0 Å². The number of piperidine rings is 1. The predicted molar refractivity (Wildman–Crippen MR) is 82.2 cm³/mol. The Kier molecular flexibility index (Phi) is 4.51. The van der Waals surface area contributed by atoms with Crippen molar-refractivity contribution in [3.63, 3.8) is 0 Å². The van der Waals surface area contributed by atoms with Crippen LogP contribution in [0.15, 0.2) is 6.33 Å². The average molecular weight is 274 g/mol. The number of fused-ring (bicyclic) bond motifs is 1. The van der Waals surface area contributed by atoms with E-state index in [9.17, 15) is 0 Å². The van der Waals surface area contributed by atoms with E-state index in [0.29, 0.717) is 0 Å². The molecule has 1 N–H and O–H groups in total. The number of nitrogens with one attached hydrogen (secondary N) is 1. The maximum atomic E-state index is 4.60. The molecule has 1 aliphatic carbocycles. The van der Waals surface area contributed by atoms with Crippen molar-refractivity contribution in [2.24, 2.45) is 5.92 Å². The van der Waals surface area contributed by atoms with E-state index in [2.05, 4.69) is 27.2 Å². The minimum absolute atomic E-state index is 0.803. The van der Waals surface area contributed by atoms with Gasteiger partial charge in [-0.05, 0) is 57.5 Å². The molecule has 3 rings (SSSR count). The summed E-state index contributed by atoms with van der Waals surface area (Å²) in [5, 5.41) is 3.44. The van der Waals surface area contributed by atoms with Crippen LogP contribution in [-0.4, -0.2) is 36.6 Å². The molecule has 0 unspecified atom stereocenters. The summed E-state index contributed by atoms with van der Waals surface area (Å²) >= 11 is 0. The zero-order valence-corrected chi connectivity index (χ0v) is 12.6. The fourth-order valence-electron chi connectivity index (χ4n) is 3.55. The van der Waals surface area contributed by atoms with Crippen LogP contribution in [0.1, 0.15) is 43.4 Å². The van der Waals surface area contributed by atoms with Crippen LogP contribution in [0.4, 0.5) is 5.82 Å². The van der Waals surface area contributed by atoms with Crippen molar-refractivity contribution in [1.82, 2.24) is 15.3 Å². The molecule has 1 aliphatic heterocycles. The maximum Gasteiger partial charge on any atom is 0.135 e. The Hall–Kier alpha value is -1.16. The molecule has 0 saturated carbocycles. The first-order valence-electron chi connectivity index (χ1n) is 8.09. The molecule has 0 aromatic carbocycles. The van der Waals surface area contributed by atoms with Crippen molar-refractivity contribution in [2.45, 2.75) is 44.9 Å². The largest absolute Gasteiger partial charge is 0.359 e. The molecule has 2 aliphatic rings. The molecule has 4 heteroatoms. The summed E-state index contributed by atoms with van der Waals surface area (Å²) in [4.78, 5) is 11.5. The van der Waals surface area contributed by atoms with Gasteiger partial charge in [-0.25, -0.2) is 9.97 Å². The van der Waals surface area contributed by atoms with Crippen LogP contribution in [0.25, 0.3) is 0 Å². The quantitative estimate of drug-likeness (QED) is 0.858. The molecule has 0 radical (unpaired) electrons. The Morgan fingerprint density at radius 3 is 2.80 bits per heavy atom. The molecular formula is C16H26N4. The summed E-state index contributed by atoms with van der Waals surface area (Å²) in [6.07, 6.45) is 10.5. The van der Waals surface area contributed by atoms with Crippen molar-refractivity contribution < 1.29 is 0 Å². The van der Waals surface area contributed by atoms with Crippen molar-refractivity contribution in [3.8, 4) is 0 Å². The highest BCUT2D eigenvalue weighted by Gasteiger charge is 2.20. The topological polar surface area (TPSA) is 41.0 Å². The highest BCUT2D eigenvalue weighted by Crippen LogP contribution is 2.27. The molecule has 110 valence electrons. The average Bonchev–Trinajstić information content (AvgIpc) is 2.73. The van der Waals surface area contributed by atoms with Gasteiger partial charge in [0.05, 0.1) is 0 Å². The normalized spacial score (nSPS) is 20.2. The number of anilines is 1. The zero-order chi connectivity index (χ0) is 13.8. The molecule has 4 nitrogen and oxygen atoms in total. The monoisotopic (exact) mass is 274 g/mol. The van der Waals surface area contributed by atoms with Gasteiger partial charge in [0.1, 0.15) is 12.1 Å². The number of hydrogen-bond acceptors (Lipinski definition) is 4. The van der Waals surface area contributed by atoms with E-state index in [1.165, 1.54) is 62.3 Å². The van der Waals surface area contributed by atoms with E-state index in [-0.39, 0.29) is 0 Å². The van der Waals surface area contributed by atoms with Gasteiger partial charge in [-0.1, -0.05) is 6.42 Å². The smallest absolute Gasteiger partial charge is 0.135 e. The number of aromatic nitrogens is 2. The second-order valence-electron chi connectivity index (χ2n) is 6.26. The van der Waals surface area contributed by atoms with Crippen LogP contribution in [0.3, 0.4) is 0 Å². The van der Waals surface area contributed by atoms with Crippen molar-refractivity contribution in [2.75, 3.05) is 31.6 Å². The fraction of sp³-hybridized carbons (Fsp3) is 0.750. The molecule has 0 bridgehead atoms. The van der Waals surface area contributed by atoms with Crippen molar-refractivity contribution >= 4 is 5.82 Å².